The van der Waals surface area contributed by atoms with Gasteiger partial charge in [0.2, 0.25) is 5.91 Å². The highest BCUT2D eigenvalue weighted by atomic mass is 35.5. The van der Waals surface area contributed by atoms with Gasteiger partial charge in [0.25, 0.3) is 0 Å². The topological polar surface area (TPSA) is 82.2 Å². The molecule has 0 aliphatic carbocycles. The van der Waals surface area contributed by atoms with Crippen LogP contribution in [-0.2, 0) is 9.53 Å². The predicted octanol–water partition coefficient (Wildman–Crippen LogP) is 2.32. The van der Waals surface area contributed by atoms with Gasteiger partial charge in [-0.05, 0) is 38.0 Å². The van der Waals surface area contributed by atoms with Gasteiger partial charge in [-0.25, -0.2) is 9.59 Å². The number of nitrogens with zero attached hydrogens (tertiary/aromatic N) is 3. The molecule has 1 aromatic carbocycles. The molecule has 3 rings (SSSR count). The highest BCUT2D eigenvalue weighted by Gasteiger charge is 2.32. The van der Waals surface area contributed by atoms with Crippen LogP contribution >= 0.6 is 11.6 Å². The first kappa shape index (κ1) is 20.3. The maximum atomic E-state index is 12.6. The van der Waals surface area contributed by atoms with Crippen LogP contribution < -0.4 is 10.2 Å². The Labute approximate surface area is 169 Å². The monoisotopic (exact) mass is 408 g/mol. The van der Waals surface area contributed by atoms with Gasteiger partial charge in [0.15, 0.2) is 0 Å². The van der Waals surface area contributed by atoms with E-state index in [1.807, 2.05) is 6.07 Å². The molecule has 0 atom stereocenters. The van der Waals surface area contributed by atoms with Gasteiger partial charge >= 0.3 is 12.1 Å². The second-order valence-electron chi connectivity index (χ2n) is 6.86. The molecule has 4 amide bonds. The molecule has 2 aliphatic heterocycles. The number of benzene rings is 1. The molecular weight excluding hydrogens is 384 g/mol. The fourth-order valence-corrected chi connectivity index (χ4v) is 3.67. The summed E-state index contributed by atoms with van der Waals surface area (Å²) in [5.41, 5.74) is 0.728. The third-order valence-electron chi connectivity index (χ3n) is 4.94. The van der Waals surface area contributed by atoms with Crippen LogP contribution in [0, 0.1) is 0 Å². The molecule has 2 saturated heterocycles. The summed E-state index contributed by atoms with van der Waals surface area (Å²) >= 11 is 6.00. The van der Waals surface area contributed by atoms with Crippen LogP contribution in [-0.4, -0.2) is 73.2 Å². The van der Waals surface area contributed by atoms with E-state index < -0.39 is 0 Å². The van der Waals surface area contributed by atoms with Crippen molar-refractivity contribution in [3.8, 4) is 0 Å². The van der Waals surface area contributed by atoms with Crippen molar-refractivity contribution in [3.63, 3.8) is 0 Å². The summed E-state index contributed by atoms with van der Waals surface area (Å²) in [6, 6.07) is 6.91. The van der Waals surface area contributed by atoms with E-state index in [0.29, 0.717) is 50.7 Å². The lowest BCUT2D eigenvalue weighted by Crippen LogP contribution is -2.49. The number of ether oxygens (including phenoxy) is 1. The van der Waals surface area contributed by atoms with Gasteiger partial charge in [-0.3, -0.25) is 9.69 Å². The van der Waals surface area contributed by atoms with Crippen LogP contribution in [0.4, 0.5) is 15.3 Å². The van der Waals surface area contributed by atoms with E-state index in [4.69, 9.17) is 16.3 Å². The Morgan fingerprint density at radius 1 is 1.21 bits per heavy atom. The van der Waals surface area contributed by atoms with E-state index in [1.165, 1.54) is 4.90 Å². The summed E-state index contributed by atoms with van der Waals surface area (Å²) in [7, 11) is 0. The molecule has 2 aliphatic rings. The normalized spacial score (nSPS) is 17.8. The van der Waals surface area contributed by atoms with Crippen molar-refractivity contribution >= 4 is 35.3 Å². The standard InChI is InChI=1S/C19H25ClN4O4/c1-2-28-19(27)22-8-6-15(7-9-22)21-17(25)13-23-10-11-24(18(23)26)16-5-3-4-14(20)12-16/h3-5,12,15H,2,6-11,13H2,1H3,(H,21,25). The Kier molecular flexibility index (Phi) is 6.61. The molecule has 0 radical (unpaired) electrons. The number of carbonyl (C=O) groups excluding carboxylic acids is 3. The summed E-state index contributed by atoms with van der Waals surface area (Å²) in [5, 5.41) is 3.54. The Balaban J connectivity index is 1.46. The molecule has 2 fully saturated rings. The van der Waals surface area contributed by atoms with Gasteiger partial charge in [0.05, 0.1) is 6.61 Å². The first-order chi connectivity index (χ1) is 13.5. The molecule has 9 heteroatoms. The fraction of sp³-hybridized carbons (Fsp3) is 0.526. The number of rotatable bonds is 5. The summed E-state index contributed by atoms with van der Waals surface area (Å²) in [6.07, 6.45) is 1.04. The zero-order chi connectivity index (χ0) is 20.1. The number of urea groups is 1. The smallest absolute Gasteiger partial charge is 0.409 e. The van der Waals surface area contributed by atoms with Crippen molar-refractivity contribution in [2.75, 3.05) is 44.2 Å². The maximum absolute atomic E-state index is 12.6. The summed E-state index contributed by atoms with van der Waals surface area (Å²) in [6.45, 7) is 4.26. The Hall–Kier alpha value is -2.48. The molecular formula is C19H25ClN4O4. The minimum atomic E-state index is -0.309. The molecule has 0 spiro atoms. The Bertz CT molecular complexity index is 736. The van der Waals surface area contributed by atoms with Gasteiger partial charge < -0.3 is 19.9 Å². The molecule has 0 aromatic heterocycles. The van der Waals surface area contributed by atoms with Gasteiger partial charge in [-0.2, -0.15) is 0 Å². The SMILES string of the molecule is CCOC(=O)N1CCC(NC(=O)CN2CCN(c3cccc(Cl)c3)C2=O)CC1. The number of carbonyl (C=O) groups is 3. The third kappa shape index (κ3) is 4.86. The third-order valence-corrected chi connectivity index (χ3v) is 5.17. The zero-order valence-corrected chi connectivity index (χ0v) is 16.7. The first-order valence-electron chi connectivity index (χ1n) is 9.51. The highest BCUT2D eigenvalue weighted by molar-refractivity contribution is 6.30. The second-order valence-corrected chi connectivity index (χ2v) is 7.30. The first-order valence-corrected chi connectivity index (χ1v) is 9.88. The molecule has 1 N–H and O–H groups in total. The average Bonchev–Trinajstić information content (AvgIpc) is 3.03. The van der Waals surface area contributed by atoms with Gasteiger partial charge in [-0.15, -0.1) is 0 Å². The fourth-order valence-electron chi connectivity index (χ4n) is 3.48. The Morgan fingerprint density at radius 3 is 2.64 bits per heavy atom. The molecule has 8 nitrogen and oxygen atoms in total. The van der Waals surface area contributed by atoms with Crippen LogP contribution in [0.1, 0.15) is 19.8 Å². The molecule has 2 heterocycles. The largest absolute Gasteiger partial charge is 0.450 e. The number of anilines is 1. The van der Waals surface area contributed by atoms with Gasteiger partial charge in [0.1, 0.15) is 6.54 Å². The summed E-state index contributed by atoms with van der Waals surface area (Å²) in [4.78, 5) is 41.5. The molecule has 28 heavy (non-hydrogen) atoms. The summed E-state index contributed by atoms with van der Waals surface area (Å²) in [5.74, 6) is -0.184. The number of halogens is 1. The molecule has 0 saturated carbocycles. The van der Waals surface area contributed by atoms with E-state index in [9.17, 15) is 14.4 Å². The van der Waals surface area contributed by atoms with E-state index in [0.717, 1.165) is 5.69 Å². The van der Waals surface area contributed by atoms with Crippen LogP contribution in [0.2, 0.25) is 5.02 Å². The molecule has 0 bridgehead atoms. The second kappa shape index (κ2) is 9.14. The van der Waals surface area contributed by atoms with E-state index >= 15 is 0 Å². The molecule has 152 valence electrons. The van der Waals surface area contributed by atoms with Crippen molar-refractivity contribution in [2.24, 2.45) is 0 Å². The highest BCUT2D eigenvalue weighted by Crippen LogP contribution is 2.23. The molecule has 0 unspecified atom stereocenters. The predicted molar refractivity (Wildman–Crippen MR) is 106 cm³/mol. The lowest BCUT2D eigenvalue weighted by atomic mass is 10.1. The number of hydrogen-bond acceptors (Lipinski definition) is 4. The number of nitrogens with one attached hydrogen (secondary N) is 1. The number of hydrogen-bond donors (Lipinski definition) is 1. The maximum Gasteiger partial charge on any atom is 0.409 e. The lowest BCUT2D eigenvalue weighted by molar-refractivity contribution is -0.122. The van der Waals surface area contributed by atoms with Gasteiger partial charge in [0, 0.05) is 42.9 Å². The van der Waals surface area contributed by atoms with E-state index in [2.05, 4.69) is 5.32 Å². The molecule has 1 aromatic rings. The Morgan fingerprint density at radius 2 is 1.96 bits per heavy atom. The number of amides is 4. The van der Waals surface area contributed by atoms with Gasteiger partial charge in [-0.1, -0.05) is 17.7 Å². The van der Waals surface area contributed by atoms with Crippen molar-refractivity contribution in [1.82, 2.24) is 15.1 Å². The number of likely N-dealkylation sites (tertiary alicyclic amines) is 1. The quantitative estimate of drug-likeness (QED) is 0.810. The summed E-state index contributed by atoms with van der Waals surface area (Å²) < 4.78 is 4.99. The van der Waals surface area contributed by atoms with Crippen LogP contribution in [0.25, 0.3) is 0 Å². The minimum absolute atomic E-state index is 0.0000790. The van der Waals surface area contributed by atoms with Crippen LogP contribution in [0.5, 0.6) is 0 Å². The number of piperidine rings is 1. The van der Waals surface area contributed by atoms with Crippen LogP contribution in [0.15, 0.2) is 24.3 Å². The van der Waals surface area contributed by atoms with Crippen molar-refractivity contribution in [3.05, 3.63) is 29.3 Å². The average molecular weight is 409 g/mol. The van der Waals surface area contributed by atoms with Crippen molar-refractivity contribution in [1.29, 1.82) is 0 Å². The lowest BCUT2D eigenvalue weighted by Gasteiger charge is -2.31. The van der Waals surface area contributed by atoms with Crippen molar-refractivity contribution in [2.45, 2.75) is 25.8 Å². The van der Waals surface area contributed by atoms with Crippen molar-refractivity contribution < 1.29 is 19.1 Å². The minimum Gasteiger partial charge on any atom is -0.450 e. The van der Waals surface area contributed by atoms with Crippen LogP contribution in [0.3, 0.4) is 0 Å². The zero-order valence-electron chi connectivity index (χ0n) is 15.9. The van der Waals surface area contributed by atoms with E-state index in [-0.39, 0.29) is 30.6 Å². The van der Waals surface area contributed by atoms with E-state index in [1.54, 1.807) is 34.9 Å².